The molecule has 1 aromatic carbocycles. The van der Waals surface area contributed by atoms with Gasteiger partial charge in [-0.3, -0.25) is 9.59 Å². The number of aromatic nitrogens is 1. The van der Waals surface area contributed by atoms with Crippen LogP contribution in [0.1, 0.15) is 74.5 Å². The second kappa shape index (κ2) is 10.6. The summed E-state index contributed by atoms with van der Waals surface area (Å²) in [5.41, 5.74) is -4.06. The molecule has 0 radical (unpaired) electrons. The van der Waals surface area contributed by atoms with E-state index < -0.39 is 59.0 Å². The van der Waals surface area contributed by atoms with Crippen molar-refractivity contribution in [3.05, 3.63) is 63.3 Å². The Kier molecular flexibility index (Phi) is 7.51. The third-order valence-corrected chi connectivity index (χ3v) is 8.22. The van der Waals surface area contributed by atoms with Crippen LogP contribution in [-0.4, -0.2) is 52.6 Å². The lowest BCUT2D eigenvalue weighted by Crippen LogP contribution is -2.39. The molecule has 3 aliphatic rings. The Hall–Kier alpha value is -3.64. The molecule has 3 atom stereocenters. The first kappa shape index (κ1) is 29.8. The highest BCUT2D eigenvalue weighted by Gasteiger charge is 2.58. The fourth-order valence-electron chi connectivity index (χ4n) is 5.69. The lowest BCUT2D eigenvalue weighted by atomic mass is 10.0. The zero-order valence-electron chi connectivity index (χ0n) is 23.6. The van der Waals surface area contributed by atoms with E-state index in [-0.39, 0.29) is 47.5 Å². The van der Waals surface area contributed by atoms with Crippen LogP contribution in [0.5, 0.6) is 0 Å². The van der Waals surface area contributed by atoms with Gasteiger partial charge in [-0.15, -0.1) is 0 Å². The Morgan fingerprint density at radius 2 is 1.69 bits per heavy atom. The number of nitrogens with one attached hydrogen (secondary N) is 2. The quantitative estimate of drug-likeness (QED) is 0.396. The highest BCUT2D eigenvalue weighted by molar-refractivity contribution is 5.99. The summed E-state index contributed by atoms with van der Waals surface area (Å²) in [7, 11) is 0. The maximum absolute atomic E-state index is 14.8. The van der Waals surface area contributed by atoms with Gasteiger partial charge in [0.25, 0.3) is 24.3 Å². The van der Waals surface area contributed by atoms with Gasteiger partial charge in [-0.05, 0) is 40.5 Å². The Morgan fingerprint density at radius 1 is 1.07 bits per heavy atom. The summed E-state index contributed by atoms with van der Waals surface area (Å²) >= 11 is 0. The number of benzene rings is 1. The minimum atomic E-state index is -3.06. The highest BCUT2D eigenvalue weighted by Crippen LogP contribution is 2.49. The summed E-state index contributed by atoms with van der Waals surface area (Å²) in [4.78, 5) is 40.5. The molecule has 2 N–H and O–H groups in total. The number of hydrogen-bond donors (Lipinski definition) is 2. The van der Waals surface area contributed by atoms with E-state index in [0.29, 0.717) is 13.1 Å². The molecular weight excluding hydrogens is 563 g/mol. The van der Waals surface area contributed by atoms with Gasteiger partial charge >= 0.3 is 6.09 Å². The highest BCUT2D eigenvalue weighted by atomic mass is 19.3. The lowest BCUT2D eigenvalue weighted by molar-refractivity contribution is 0.0272. The number of piperidine rings is 1. The summed E-state index contributed by atoms with van der Waals surface area (Å²) in [6, 6.07) is 3.32. The second-order valence-corrected chi connectivity index (χ2v) is 12.3. The SMILES string of the molecule is C[C@@H](NC(=O)c1cn(C2(C(F)F)CC2)c(=O)cc1NC1C2CN(C(=O)OC(C)(C)C)CC21)c1cccc(C(F)F)c1F. The van der Waals surface area contributed by atoms with Crippen LogP contribution in [0.15, 0.2) is 35.3 Å². The Bertz CT molecular complexity index is 1440. The number of ether oxygens (including phenoxy) is 1. The predicted octanol–water partition coefficient (Wildman–Crippen LogP) is 5.45. The molecule has 3 fully saturated rings. The molecule has 2 amide bonds. The largest absolute Gasteiger partial charge is 0.444 e. The van der Waals surface area contributed by atoms with Gasteiger partial charge in [0, 0.05) is 48.8 Å². The number of rotatable bonds is 8. The number of hydrogen-bond acceptors (Lipinski definition) is 5. The second-order valence-electron chi connectivity index (χ2n) is 12.3. The molecule has 2 aliphatic carbocycles. The maximum Gasteiger partial charge on any atom is 0.410 e. The molecular formula is C29H33F5N4O4. The molecule has 42 heavy (non-hydrogen) atoms. The number of carbonyl (C=O) groups is 2. The summed E-state index contributed by atoms with van der Waals surface area (Å²) in [6.45, 7) is 7.52. The van der Waals surface area contributed by atoms with E-state index in [1.54, 1.807) is 25.7 Å². The molecule has 13 heteroatoms. The van der Waals surface area contributed by atoms with Gasteiger partial charge in [0.1, 0.15) is 17.0 Å². The molecule has 8 nitrogen and oxygen atoms in total. The van der Waals surface area contributed by atoms with Gasteiger partial charge in [0.05, 0.1) is 22.9 Å². The van der Waals surface area contributed by atoms with E-state index in [9.17, 15) is 36.3 Å². The zero-order valence-corrected chi connectivity index (χ0v) is 23.6. The first-order chi connectivity index (χ1) is 19.6. The Labute approximate surface area is 239 Å². The van der Waals surface area contributed by atoms with Crippen LogP contribution in [0.4, 0.5) is 32.4 Å². The average molecular weight is 597 g/mol. The van der Waals surface area contributed by atoms with Gasteiger partial charge < -0.3 is 24.8 Å². The van der Waals surface area contributed by atoms with Crippen molar-refractivity contribution in [2.75, 3.05) is 18.4 Å². The molecule has 228 valence electrons. The van der Waals surface area contributed by atoms with Crippen molar-refractivity contribution in [1.82, 2.24) is 14.8 Å². The Balaban J connectivity index is 1.38. The molecule has 2 aromatic rings. The smallest absolute Gasteiger partial charge is 0.410 e. The van der Waals surface area contributed by atoms with E-state index in [1.807, 2.05) is 0 Å². The summed E-state index contributed by atoms with van der Waals surface area (Å²) in [5.74, 6) is -1.90. The van der Waals surface area contributed by atoms with Crippen LogP contribution < -0.4 is 16.2 Å². The number of pyridine rings is 1. The van der Waals surface area contributed by atoms with Crippen LogP contribution in [-0.2, 0) is 10.3 Å². The van der Waals surface area contributed by atoms with Crippen molar-refractivity contribution in [2.24, 2.45) is 11.8 Å². The monoisotopic (exact) mass is 596 g/mol. The number of fused-ring (bicyclic) bond motifs is 1. The van der Waals surface area contributed by atoms with Crippen molar-refractivity contribution in [1.29, 1.82) is 0 Å². The first-order valence-electron chi connectivity index (χ1n) is 13.8. The van der Waals surface area contributed by atoms with Crippen LogP contribution in [0.2, 0.25) is 0 Å². The number of halogens is 5. The molecule has 1 aliphatic heterocycles. The van der Waals surface area contributed by atoms with Crippen molar-refractivity contribution in [2.45, 2.75) is 76.6 Å². The first-order valence-corrected chi connectivity index (χ1v) is 13.8. The van der Waals surface area contributed by atoms with Crippen molar-refractivity contribution >= 4 is 17.7 Å². The van der Waals surface area contributed by atoms with E-state index in [0.717, 1.165) is 22.9 Å². The molecule has 1 aromatic heterocycles. The predicted molar refractivity (Wildman–Crippen MR) is 143 cm³/mol. The normalized spacial score (nSPS) is 23.0. The number of carbonyl (C=O) groups excluding carboxylic acids is 2. The van der Waals surface area contributed by atoms with E-state index in [4.69, 9.17) is 4.74 Å². The zero-order chi connectivity index (χ0) is 30.7. The average Bonchev–Trinajstić information content (AvgIpc) is 3.77. The van der Waals surface area contributed by atoms with Crippen LogP contribution in [0, 0.1) is 17.7 Å². The minimum absolute atomic E-state index is 0.0248. The lowest BCUT2D eigenvalue weighted by Gasteiger charge is -2.26. The molecule has 0 spiro atoms. The van der Waals surface area contributed by atoms with E-state index in [1.165, 1.54) is 19.1 Å². The fraction of sp³-hybridized carbons (Fsp3) is 0.552. The fourth-order valence-corrected chi connectivity index (χ4v) is 5.69. The molecule has 2 heterocycles. The molecule has 1 saturated heterocycles. The molecule has 2 saturated carbocycles. The van der Waals surface area contributed by atoms with Gasteiger partial charge in [0.2, 0.25) is 0 Å². The third-order valence-electron chi connectivity index (χ3n) is 8.22. The van der Waals surface area contributed by atoms with Crippen molar-refractivity contribution < 1.29 is 36.3 Å². The third kappa shape index (κ3) is 5.57. The van der Waals surface area contributed by atoms with Gasteiger partial charge in [0.15, 0.2) is 0 Å². The summed E-state index contributed by atoms with van der Waals surface area (Å²) in [6.07, 6.45) is -5.11. The number of likely N-dealkylation sites (tertiary alicyclic amines) is 1. The van der Waals surface area contributed by atoms with Gasteiger partial charge in [-0.25, -0.2) is 26.7 Å². The molecule has 5 rings (SSSR count). The molecule has 2 unspecified atom stereocenters. The van der Waals surface area contributed by atoms with Crippen LogP contribution in [0.25, 0.3) is 0 Å². The van der Waals surface area contributed by atoms with Crippen molar-refractivity contribution in [3.8, 4) is 0 Å². The van der Waals surface area contributed by atoms with E-state index >= 15 is 0 Å². The standard InChI is InChI=1S/C29H33F5N4O4/c1-14(15-6-5-7-16(22(15)30)24(31)32)35-25(40)19-13-38(29(8-9-29)26(33)34)21(39)10-20(19)36-23-17-11-37(12-18(17)23)27(41)42-28(2,3)4/h5-7,10,13-14,17-18,23-24,26,36H,8-9,11-12H2,1-4H3,(H,35,40)/t14-,17?,18?,23?/m1/s1. The number of anilines is 1. The van der Waals surface area contributed by atoms with Gasteiger partial charge in [-0.2, -0.15) is 0 Å². The van der Waals surface area contributed by atoms with E-state index in [2.05, 4.69) is 10.6 Å². The molecule has 0 bridgehead atoms. The minimum Gasteiger partial charge on any atom is -0.444 e. The summed E-state index contributed by atoms with van der Waals surface area (Å²) in [5, 5.41) is 5.74. The number of amides is 2. The number of alkyl halides is 4. The van der Waals surface area contributed by atoms with Crippen LogP contribution in [0.3, 0.4) is 0 Å². The Morgan fingerprint density at radius 3 is 2.24 bits per heavy atom. The van der Waals surface area contributed by atoms with Crippen molar-refractivity contribution in [3.63, 3.8) is 0 Å². The van der Waals surface area contributed by atoms with Gasteiger partial charge in [-0.1, -0.05) is 18.2 Å². The number of nitrogens with zero attached hydrogens (tertiary/aromatic N) is 2. The van der Waals surface area contributed by atoms with Crippen LogP contribution >= 0.6 is 0 Å². The topological polar surface area (TPSA) is 92.7 Å². The summed E-state index contributed by atoms with van der Waals surface area (Å²) < 4.78 is 75.3. The maximum atomic E-state index is 14.8.